The van der Waals surface area contributed by atoms with Crippen LogP contribution in [0.25, 0.3) is 11.3 Å². The van der Waals surface area contributed by atoms with E-state index in [4.69, 9.17) is 10.00 Å². The molecule has 0 aromatic carbocycles. The molecule has 2 aromatic rings. The quantitative estimate of drug-likeness (QED) is 0.787. The van der Waals surface area contributed by atoms with Gasteiger partial charge < -0.3 is 4.74 Å². The van der Waals surface area contributed by atoms with Gasteiger partial charge in [-0.15, -0.1) is 0 Å². The maximum atomic E-state index is 9.08. The number of aryl methyl sites for hydroxylation is 1. The summed E-state index contributed by atoms with van der Waals surface area (Å²) in [6.07, 6.45) is 1.64. The van der Waals surface area contributed by atoms with Crippen LogP contribution in [0.15, 0.2) is 30.5 Å². The van der Waals surface area contributed by atoms with Gasteiger partial charge in [0.15, 0.2) is 0 Å². The zero-order valence-corrected chi connectivity index (χ0v) is 9.64. The predicted molar refractivity (Wildman–Crippen MR) is 63.5 cm³/mol. The van der Waals surface area contributed by atoms with Crippen molar-refractivity contribution in [3.05, 3.63) is 41.7 Å². The lowest BCUT2D eigenvalue weighted by Gasteiger charge is -2.08. The van der Waals surface area contributed by atoms with Crippen molar-refractivity contribution in [2.75, 3.05) is 7.11 Å². The molecule has 0 aliphatic rings. The van der Waals surface area contributed by atoms with Crippen molar-refractivity contribution in [2.24, 2.45) is 0 Å². The summed E-state index contributed by atoms with van der Waals surface area (Å²) in [5.41, 5.74) is 2.71. The summed E-state index contributed by atoms with van der Waals surface area (Å²) in [5.74, 6) is 0.474. The molecule has 0 saturated carbocycles. The number of pyridine rings is 2. The third-order valence-electron chi connectivity index (χ3n) is 2.37. The third kappa shape index (κ3) is 2.08. The summed E-state index contributed by atoms with van der Waals surface area (Å²) in [4.78, 5) is 8.49. The second-order valence-electron chi connectivity index (χ2n) is 3.52. The molecule has 0 N–H and O–H groups in total. The van der Waals surface area contributed by atoms with E-state index in [2.05, 4.69) is 16.0 Å². The molecule has 0 aliphatic carbocycles. The predicted octanol–water partition coefficient (Wildman–Crippen LogP) is 2.33. The Bertz CT molecular complexity index is 587. The lowest BCUT2D eigenvalue weighted by atomic mass is 10.1. The van der Waals surface area contributed by atoms with E-state index in [1.807, 2.05) is 19.1 Å². The highest BCUT2D eigenvalue weighted by atomic mass is 16.5. The number of rotatable bonds is 2. The number of nitriles is 1. The van der Waals surface area contributed by atoms with Gasteiger partial charge in [0.25, 0.3) is 0 Å². The fourth-order valence-electron chi connectivity index (χ4n) is 1.59. The van der Waals surface area contributed by atoms with Gasteiger partial charge in [0, 0.05) is 11.9 Å². The Labute approximate surface area is 99.5 Å². The smallest absolute Gasteiger partial charge is 0.222 e. The number of methoxy groups -OCH3 is 1. The van der Waals surface area contributed by atoms with Gasteiger partial charge in [0.2, 0.25) is 5.88 Å². The van der Waals surface area contributed by atoms with Gasteiger partial charge in [-0.2, -0.15) is 5.26 Å². The van der Waals surface area contributed by atoms with Gasteiger partial charge in [-0.1, -0.05) is 0 Å². The maximum absolute atomic E-state index is 9.08. The Morgan fingerprint density at radius 1 is 1.29 bits per heavy atom. The number of hydrogen-bond donors (Lipinski definition) is 0. The number of aromatic nitrogens is 2. The molecule has 4 heteroatoms. The summed E-state index contributed by atoms with van der Waals surface area (Å²) in [6, 6.07) is 9.33. The molecule has 0 fully saturated rings. The van der Waals surface area contributed by atoms with Crippen LogP contribution in [0, 0.1) is 18.3 Å². The zero-order valence-electron chi connectivity index (χ0n) is 9.64. The summed E-state index contributed by atoms with van der Waals surface area (Å²) in [5, 5.41) is 9.08. The van der Waals surface area contributed by atoms with E-state index in [-0.39, 0.29) is 0 Å². The van der Waals surface area contributed by atoms with Gasteiger partial charge in [-0.3, -0.25) is 4.98 Å². The van der Waals surface area contributed by atoms with Crippen molar-refractivity contribution in [3.63, 3.8) is 0 Å². The average molecular weight is 225 g/mol. The van der Waals surface area contributed by atoms with E-state index in [0.29, 0.717) is 17.1 Å². The second-order valence-corrected chi connectivity index (χ2v) is 3.52. The summed E-state index contributed by atoms with van der Waals surface area (Å²) in [7, 11) is 1.55. The van der Waals surface area contributed by atoms with Crippen LogP contribution in [-0.4, -0.2) is 17.1 Å². The largest absolute Gasteiger partial charge is 0.481 e. The Morgan fingerprint density at radius 3 is 2.82 bits per heavy atom. The van der Waals surface area contributed by atoms with Crippen LogP contribution in [0.3, 0.4) is 0 Å². The first-order valence-electron chi connectivity index (χ1n) is 5.13. The normalized spacial score (nSPS) is 9.71. The van der Waals surface area contributed by atoms with Crippen LogP contribution in [0.5, 0.6) is 5.88 Å². The number of hydrogen-bond acceptors (Lipinski definition) is 4. The van der Waals surface area contributed by atoms with Crippen LogP contribution < -0.4 is 4.74 Å². The summed E-state index contributed by atoms with van der Waals surface area (Å²) in [6.45, 7) is 1.88. The molecule has 0 spiro atoms. The van der Waals surface area contributed by atoms with E-state index in [9.17, 15) is 0 Å². The van der Waals surface area contributed by atoms with Gasteiger partial charge >= 0.3 is 0 Å². The molecule has 0 amide bonds. The molecule has 84 valence electrons. The third-order valence-corrected chi connectivity index (χ3v) is 2.37. The molecule has 17 heavy (non-hydrogen) atoms. The molecule has 4 nitrogen and oxygen atoms in total. The van der Waals surface area contributed by atoms with Gasteiger partial charge in [-0.25, -0.2) is 4.98 Å². The molecule has 2 aromatic heterocycles. The minimum absolute atomic E-state index is 0.474. The van der Waals surface area contributed by atoms with E-state index >= 15 is 0 Å². The lowest BCUT2D eigenvalue weighted by molar-refractivity contribution is 0.399. The summed E-state index contributed by atoms with van der Waals surface area (Å²) >= 11 is 0. The summed E-state index contributed by atoms with van der Waals surface area (Å²) < 4.78 is 5.18. The maximum Gasteiger partial charge on any atom is 0.222 e. The van der Waals surface area contributed by atoms with Gasteiger partial charge in [0.1, 0.15) is 6.07 Å². The number of nitrogens with zero attached hydrogens (tertiary/aromatic N) is 3. The van der Waals surface area contributed by atoms with Crippen molar-refractivity contribution in [1.82, 2.24) is 9.97 Å². The van der Waals surface area contributed by atoms with Crippen LogP contribution in [0.4, 0.5) is 0 Å². The zero-order chi connectivity index (χ0) is 12.3. The second kappa shape index (κ2) is 4.62. The Hall–Kier alpha value is -2.41. The first-order chi connectivity index (χ1) is 8.26. The molecule has 2 rings (SSSR count). The van der Waals surface area contributed by atoms with Crippen molar-refractivity contribution in [1.29, 1.82) is 5.26 Å². The lowest BCUT2D eigenvalue weighted by Crippen LogP contribution is -1.96. The molecule has 0 saturated heterocycles. The fourth-order valence-corrected chi connectivity index (χ4v) is 1.59. The van der Waals surface area contributed by atoms with Gasteiger partial charge in [-0.05, 0) is 31.2 Å². The van der Waals surface area contributed by atoms with E-state index in [0.717, 1.165) is 11.3 Å². The average Bonchev–Trinajstić information content (AvgIpc) is 2.38. The van der Waals surface area contributed by atoms with Crippen molar-refractivity contribution in [3.8, 4) is 23.2 Å². The van der Waals surface area contributed by atoms with E-state index in [1.54, 1.807) is 25.4 Å². The van der Waals surface area contributed by atoms with Crippen LogP contribution in [-0.2, 0) is 0 Å². The van der Waals surface area contributed by atoms with E-state index < -0.39 is 0 Å². The molecular weight excluding hydrogens is 214 g/mol. The Kier molecular flexibility index (Phi) is 3.01. The Balaban J connectivity index is 2.68. The van der Waals surface area contributed by atoms with Crippen LogP contribution >= 0.6 is 0 Å². The highest BCUT2D eigenvalue weighted by molar-refractivity contribution is 5.70. The molecular formula is C13H11N3O. The standard InChI is InChI=1S/C13H11N3O/c1-9-5-6-10(8-14)12(16-9)11-4-3-7-15-13(11)17-2/h3-7H,1-2H3. The highest BCUT2D eigenvalue weighted by Crippen LogP contribution is 2.28. The molecule has 0 atom stereocenters. The fraction of sp³-hybridized carbons (Fsp3) is 0.154. The molecule has 2 heterocycles. The monoisotopic (exact) mass is 225 g/mol. The minimum atomic E-state index is 0.474. The highest BCUT2D eigenvalue weighted by Gasteiger charge is 2.12. The Morgan fingerprint density at radius 2 is 2.12 bits per heavy atom. The minimum Gasteiger partial charge on any atom is -0.481 e. The molecule has 0 unspecified atom stereocenters. The first-order valence-corrected chi connectivity index (χ1v) is 5.13. The topological polar surface area (TPSA) is 58.8 Å². The van der Waals surface area contributed by atoms with Crippen LogP contribution in [0.1, 0.15) is 11.3 Å². The van der Waals surface area contributed by atoms with E-state index in [1.165, 1.54) is 0 Å². The van der Waals surface area contributed by atoms with Crippen LogP contribution in [0.2, 0.25) is 0 Å². The molecule has 0 aliphatic heterocycles. The SMILES string of the molecule is COc1ncccc1-c1nc(C)ccc1C#N. The van der Waals surface area contributed by atoms with Gasteiger partial charge in [0.05, 0.1) is 23.9 Å². The first kappa shape index (κ1) is 11.1. The molecule has 0 radical (unpaired) electrons. The van der Waals surface area contributed by atoms with Crippen molar-refractivity contribution in [2.45, 2.75) is 6.92 Å². The van der Waals surface area contributed by atoms with Crippen molar-refractivity contribution < 1.29 is 4.74 Å². The molecule has 0 bridgehead atoms. The number of ether oxygens (including phenoxy) is 1. The van der Waals surface area contributed by atoms with Crippen molar-refractivity contribution >= 4 is 0 Å².